The van der Waals surface area contributed by atoms with Gasteiger partial charge < -0.3 is 9.64 Å². The first-order chi connectivity index (χ1) is 10.9. The van der Waals surface area contributed by atoms with E-state index < -0.39 is 4.92 Å². The predicted octanol–water partition coefficient (Wildman–Crippen LogP) is 3.05. The predicted molar refractivity (Wildman–Crippen MR) is 89.9 cm³/mol. The SMILES string of the molecule is CN(C)C(=S)Oc1ccc(C(=O)c2ccc([N+](=O)[O-])cc2)cc1. The Bertz CT molecular complexity index is 740. The summed E-state index contributed by atoms with van der Waals surface area (Å²) < 4.78 is 5.43. The van der Waals surface area contributed by atoms with Crippen LogP contribution in [0.4, 0.5) is 5.69 Å². The normalized spacial score (nSPS) is 10.0. The molecule has 0 amide bonds. The summed E-state index contributed by atoms with van der Waals surface area (Å²) in [6, 6.07) is 12.0. The van der Waals surface area contributed by atoms with Crippen molar-refractivity contribution in [1.82, 2.24) is 4.90 Å². The van der Waals surface area contributed by atoms with Crippen LogP contribution in [0.5, 0.6) is 5.75 Å². The van der Waals surface area contributed by atoms with Crippen LogP contribution in [-0.2, 0) is 0 Å². The van der Waals surface area contributed by atoms with Crippen LogP contribution in [0.2, 0.25) is 0 Å². The Hall–Kier alpha value is -2.80. The topological polar surface area (TPSA) is 72.7 Å². The Morgan fingerprint density at radius 3 is 1.96 bits per heavy atom. The number of carbonyl (C=O) groups excluding carboxylic acids is 1. The molecular formula is C16H14N2O4S. The van der Waals surface area contributed by atoms with E-state index in [9.17, 15) is 14.9 Å². The summed E-state index contributed by atoms with van der Waals surface area (Å²) in [6.45, 7) is 0. The molecule has 0 saturated carbocycles. The van der Waals surface area contributed by atoms with Crippen molar-refractivity contribution in [1.29, 1.82) is 0 Å². The van der Waals surface area contributed by atoms with Gasteiger partial charge in [-0.15, -0.1) is 0 Å². The summed E-state index contributed by atoms with van der Waals surface area (Å²) in [6.07, 6.45) is 0. The van der Waals surface area contributed by atoms with E-state index in [2.05, 4.69) is 0 Å². The van der Waals surface area contributed by atoms with Crippen molar-refractivity contribution < 1.29 is 14.5 Å². The molecule has 2 aromatic rings. The molecule has 0 aliphatic heterocycles. The van der Waals surface area contributed by atoms with Gasteiger partial charge in [-0.2, -0.15) is 0 Å². The van der Waals surface area contributed by atoms with Gasteiger partial charge in [-0.3, -0.25) is 14.9 Å². The van der Waals surface area contributed by atoms with Crippen molar-refractivity contribution in [2.75, 3.05) is 14.1 Å². The molecule has 0 fully saturated rings. The van der Waals surface area contributed by atoms with Gasteiger partial charge in [0.25, 0.3) is 10.9 Å². The number of ether oxygens (including phenoxy) is 1. The largest absolute Gasteiger partial charge is 0.432 e. The van der Waals surface area contributed by atoms with E-state index in [-0.39, 0.29) is 11.5 Å². The first kappa shape index (κ1) is 16.6. The average Bonchev–Trinajstić information content (AvgIpc) is 2.55. The maximum absolute atomic E-state index is 12.3. The maximum atomic E-state index is 12.3. The first-order valence-electron chi connectivity index (χ1n) is 6.67. The molecule has 2 rings (SSSR count). The van der Waals surface area contributed by atoms with Crippen molar-refractivity contribution in [3.8, 4) is 5.75 Å². The van der Waals surface area contributed by atoms with Gasteiger partial charge in [-0.1, -0.05) is 0 Å². The fourth-order valence-corrected chi connectivity index (χ4v) is 1.86. The van der Waals surface area contributed by atoms with Gasteiger partial charge in [0.2, 0.25) is 0 Å². The quantitative estimate of drug-likeness (QED) is 0.371. The van der Waals surface area contributed by atoms with Gasteiger partial charge in [-0.05, 0) is 48.6 Å². The lowest BCUT2D eigenvalue weighted by Gasteiger charge is -2.14. The molecule has 0 bridgehead atoms. The van der Waals surface area contributed by atoms with Gasteiger partial charge in [0, 0.05) is 37.4 Å². The molecule has 6 nitrogen and oxygen atoms in total. The molecule has 0 heterocycles. The minimum Gasteiger partial charge on any atom is -0.432 e. The third-order valence-electron chi connectivity index (χ3n) is 3.03. The number of rotatable bonds is 4. The summed E-state index contributed by atoms with van der Waals surface area (Å²) in [4.78, 5) is 24.1. The number of nitrogens with zero attached hydrogens (tertiary/aromatic N) is 2. The highest BCUT2D eigenvalue weighted by Crippen LogP contribution is 2.18. The molecule has 23 heavy (non-hydrogen) atoms. The summed E-state index contributed by atoms with van der Waals surface area (Å²) in [7, 11) is 3.55. The zero-order chi connectivity index (χ0) is 17.0. The van der Waals surface area contributed by atoms with Gasteiger partial charge in [0.1, 0.15) is 5.75 Å². The van der Waals surface area contributed by atoms with Gasteiger partial charge in [0.15, 0.2) is 5.78 Å². The molecular weight excluding hydrogens is 316 g/mol. The first-order valence-corrected chi connectivity index (χ1v) is 7.07. The van der Waals surface area contributed by atoms with Crippen molar-refractivity contribution in [3.63, 3.8) is 0 Å². The molecule has 0 saturated heterocycles. The number of hydrogen-bond acceptors (Lipinski definition) is 5. The minimum atomic E-state index is -0.506. The molecule has 0 aromatic heterocycles. The Morgan fingerprint density at radius 1 is 1.04 bits per heavy atom. The number of ketones is 1. The minimum absolute atomic E-state index is 0.0532. The van der Waals surface area contributed by atoms with Gasteiger partial charge in [0.05, 0.1) is 4.92 Å². The number of non-ortho nitro benzene ring substituents is 1. The van der Waals surface area contributed by atoms with Crippen LogP contribution in [-0.4, -0.2) is 34.9 Å². The number of nitro benzene ring substituents is 1. The average molecular weight is 330 g/mol. The van der Waals surface area contributed by atoms with E-state index in [1.807, 2.05) is 0 Å². The molecule has 0 atom stereocenters. The molecule has 0 spiro atoms. The van der Waals surface area contributed by atoms with Crippen LogP contribution in [0.25, 0.3) is 0 Å². The smallest absolute Gasteiger partial charge is 0.269 e. The van der Waals surface area contributed by atoms with Crippen LogP contribution >= 0.6 is 12.2 Å². The zero-order valence-corrected chi connectivity index (χ0v) is 13.4. The van der Waals surface area contributed by atoms with Crippen molar-refractivity contribution in [3.05, 3.63) is 69.8 Å². The van der Waals surface area contributed by atoms with Gasteiger partial charge >= 0.3 is 0 Å². The van der Waals surface area contributed by atoms with Crippen molar-refractivity contribution in [2.24, 2.45) is 0 Å². The molecule has 118 valence electrons. The molecule has 2 aromatic carbocycles. The second-order valence-corrected chi connectivity index (χ2v) is 5.27. The number of benzene rings is 2. The standard InChI is InChI=1S/C16H14N2O4S/c1-17(2)16(23)22-14-9-5-12(6-10-14)15(19)11-3-7-13(8-4-11)18(20)21/h3-10H,1-2H3. The third kappa shape index (κ3) is 4.10. The Morgan fingerprint density at radius 2 is 1.52 bits per heavy atom. The second kappa shape index (κ2) is 6.97. The second-order valence-electron chi connectivity index (χ2n) is 4.92. The van der Waals surface area contributed by atoms with Crippen LogP contribution < -0.4 is 4.74 Å². The highest BCUT2D eigenvalue weighted by molar-refractivity contribution is 7.80. The van der Waals surface area contributed by atoms with Crippen LogP contribution in [0.15, 0.2) is 48.5 Å². The van der Waals surface area contributed by atoms with E-state index in [1.54, 1.807) is 43.3 Å². The fourth-order valence-electron chi connectivity index (χ4n) is 1.77. The summed E-state index contributed by atoms with van der Waals surface area (Å²) >= 11 is 5.04. The molecule has 0 aliphatic rings. The van der Waals surface area contributed by atoms with Crippen LogP contribution in [0.3, 0.4) is 0 Å². The van der Waals surface area contributed by atoms with Crippen LogP contribution in [0, 0.1) is 10.1 Å². The van der Waals surface area contributed by atoms with E-state index in [1.165, 1.54) is 24.3 Å². The highest BCUT2D eigenvalue weighted by Gasteiger charge is 2.12. The molecule has 0 unspecified atom stereocenters. The summed E-state index contributed by atoms with van der Waals surface area (Å²) in [5.74, 6) is 0.311. The van der Waals surface area contributed by atoms with E-state index in [4.69, 9.17) is 17.0 Å². The van der Waals surface area contributed by atoms with Crippen molar-refractivity contribution in [2.45, 2.75) is 0 Å². The molecule has 7 heteroatoms. The summed E-state index contributed by atoms with van der Waals surface area (Å²) in [5, 5.41) is 10.9. The molecule has 0 N–H and O–H groups in total. The van der Waals surface area contributed by atoms with E-state index in [0.717, 1.165) is 0 Å². The third-order valence-corrected chi connectivity index (χ3v) is 3.48. The van der Waals surface area contributed by atoms with E-state index >= 15 is 0 Å². The highest BCUT2D eigenvalue weighted by atomic mass is 32.1. The lowest BCUT2D eigenvalue weighted by atomic mass is 10.0. The van der Waals surface area contributed by atoms with Crippen molar-refractivity contribution >= 4 is 28.9 Å². The fraction of sp³-hybridized carbons (Fsp3) is 0.125. The van der Waals surface area contributed by atoms with Gasteiger partial charge in [-0.25, -0.2) is 0 Å². The van der Waals surface area contributed by atoms with E-state index in [0.29, 0.717) is 22.1 Å². The molecule has 0 radical (unpaired) electrons. The number of carbonyl (C=O) groups is 1. The van der Waals surface area contributed by atoms with Crippen LogP contribution in [0.1, 0.15) is 15.9 Å². The lowest BCUT2D eigenvalue weighted by molar-refractivity contribution is -0.384. The zero-order valence-electron chi connectivity index (χ0n) is 12.6. The monoisotopic (exact) mass is 330 g/mol. The Kier molecular flexibility index (Phi) is 5.02. The number of nitro groups is 1. The Labute approximate surface area is 138 Å². The number of thiocarbonyl (C=S) groups is 1. The lowest BCUT2D eigenvalue weighted by Crippen LogP contribution is -2.24. The summed E-state index contributed by atoms with van der Waals surface area (Å²) in [5.41, 5.74) is 0.789. The number of hydrogen-bond donors (Lipinski definition) is 0. The maximum Gasteiger partial charge on any atom is 0.269 e. The Balaban J connectivity index is 2.13. The molecule has 0 aliphatic carbocycles.